The number of carbonyl (C=O) groups is 2. The summed E-state index contributed by atoms with van der Waals surface area (Å²) in [4.78, 5) is 26.7. The molecule has 126 valence electrons. The van der Waals surface area contributed by atoms with Crippen molar-refractivity contribution in [1.29, 1.82) is 0 Å². The number of fused-ring (bicyclic) bond motifs is 1. The van der Waals surface area contributed by atoms with Crippen molar-refractivity contribution in [3.05, 3.63) is 64.7 Å². The minimum absolute atomic E-state index is 0.324. The molecular weight excluding hydrogens is 340 g/mol. The van der Waals surface area contributed by atoms with E-state index in [9.17, 15) is 9.59 Å². The summed E-state index contributed by atoms with van der Waals surface area (Å²) in [5, 5.41) is 10.1. The van der Waals surface area contributed by atoms with Crippen LogP contribution in [0.3, 0.4) is 0 Å². The number of imide groups is 1. The van der Waals surface area contributed by atoms with E-state index in [4.69, 9.17) is 11.6 Å². The van der Waals surface area contributed by atoms with Crippen LogP contribution in [0.4, 0.5) is 5.69 Å². The lowest BCUT2D eigenvalue weighted by Gasteiger charge is -2.20. The number of rotatable bonds is 3. The maximum absolute atomic E-state index is 12.9. The molecule has 1 saturated heterocycles. The molecule has 25 heavy (non-hydrogen) atoms. The molecule has 2 unspecified atom stereocenters. The van der Waals surface area contributed by atoms with Gasteiger partial charge in [-0.05, 0) is 30.7 Å². The predicted molar refractivity (Wildman–Crippen MR) is 93.1 cm³/mol. The minimum Gasteiger partial charge on any atom is -0.271 e. The third kappa shape index (κ3) is 2.68. The normalized spacial score (nSPS) is 22.0. The van der Waals surface area contributed by atoms with Crippen molar-refractivity contribution in [2.75, 3.05) is 4.90 Å². The van der Waals surface area contributed by atoms with Crippen LogP contribution in [0.2, 0.25) is 5.02 Å². The van der Waals surface area contributed by atoms with Crippen LogP contribution in [-0.2, 0) is 16.1 Å². The maximum atomic E-state index is 12.9. The zero-order chi connectivity index (χ0) is 17.6. The Morgan fingerprint density at radius 2 is 1.88 bits per heavy atom. The molecule has 2 aliphatic rings. The highest BCUT2D eigenvalue weighted by molar-refractivity contribution is 6.31. The second-order valence-corrected chi connectivity index (χ2v) is 6.61. The molecule has 0 saturated carbocycles. The highest BCUT2D eigenvalue weighted by atomic mass is 35.5. The molecular formula is C18H15ClN4O2. The van der Waals surface area contributed by atoms with Gasteiger partial charge < -0.3 is 0 Å². The molecule has 0 radical (unpaired) electrons. The van der Waals surface area contributed by atoms with Gasteiger partial charge in [-0.3, -0.25) is 14.6 Å². The number of amides is 2. The van der Waals surface area contributed by atoms with Crippen molar-refractivity contribution in [3.8, 4) is 0 Å². The van der Waals surface area contributed by atoms with Crippen LogP contribution in [-0.4, -0.2) is 28.9 Å². The van der Waals surface area contributed by atoms with Crippen LogP contribution in [0.1, 0.15) is 11.1 Å². The van der Waals surface area contributed by atoms with E-state index in [-0.39, 0.29) is 11.8 Å². The molecule has 2 atom stereocenters. The van der Waals surface area contributed by atoms with Crippen molar-refractivity contribution in [1.82, 2.24) is 5.01 Å². The van der Waals surface area contributed by atoms with E-state index in [1.807, 2.05) is 31.2 Å². The van der Waals surface area contributed by atoms with Crippen LogP contribution in [0.25, 0.3) is 0 Å². The Kier molecular flexibility index (Phi) is 3.77. The van der Waals surface area contributed by atoms with E-state index in [0.29, 0.717) is 17.3 Å². The number of aryl methyl sites for hydroxylation is 1. The summed E-state index contributed by atoms with van der Waals surface area (Å²) in [6, 6.07) is 13.1. The van der Waals surface area contributed by atoms with Crippen LogP contribution in [0.5, 0.6) is 0 Å². The number of anilines is 1. The topological polar surface area (TPSA) is 65.3 Å². The lowest BCUT2D eigenvalue weighted by atomic mass is 10.1. The maximum Gasteiger partial charge on any atom is 0.263 e. The monoisotopic (exact) mass is 354 g/mol. The molecule has 0 aromatic heterocycles. The van der Waals surface area contributed by atoms with Gasteiger partial charge in [0.25, 0.3) is 11.8 Å². The lowest BCUT2D eigenvalue weighted by molar-refractivity contribution is -0.123. The average Bonchev–Trinajstić information content (AvgIpc) is 3.08. The summed E-state index contributed by atoms with van der Waals surface area (Å²) >= 11 is 5.99. The Hall–Kier alpha value is -2.73. The Bertz CT molecular complexity index is 898. The number of benzene rings is 2. The number of hydrogen-bond acceptors (Lipinski definition) is 5. The van der Waals surface area contributed by atoms with Crippen molar-refractivity contribution in [2.24, 2.45) is 10.3 Å². The molecule has 2 aliphatic heterocycles. The van der Waals surface area contributed by atoms with E-state index < -0.39 is 12.1 Å². The highest BCUT2D eigenvalue weighted by Gasteiger charge is 2.54. The first-order chi connectivity index (χ1) is 12.0. The molecule has 2 aromatic rings. The zero-order valence-electron chi connectivity index (χ0n) is 13.5. The van der Waals surface area contributed by atoms with E-state index >= 15 is 0 Å². The molecule has 4 rings (SSSR count). The molecule has 1 fully saturated rings. The molecule has 0 spiro atoms. The number of carbonyl (C=O) groups excluding carboxylic acids is 2. The van der Waals surface area contributed by atoms with Gasteiger partial charge in [0.15, 0.2) is 12.1 Å². The molecule has 2 aromatic carbocycles. The summed E-state index contributed by atoms with van der Waals surface area (Å²) in [6.07, 6.45) is 0. The van der Waals surface area contributed by atoms with Gasteiger partial charge in [-0.2, -0.15) is 5.11 Å². The van der Waals surface area contributed by atoms with Gasteiger partial charge in [-0.1, -0.05) is 52.7 Å². The van der Waals surface area contributed by atoms with E-state index in [2.05, 4.69) is 10.3 Å². The van der Waals surface area contributed by atoms with Gasteiger partial charge in [-0.25, -0.2) is 4.90 Å². The Balaban J connectivity index is 1.61. The van der Waals surface area contributed by atoms with Crippen molar-refractivity contribution in [2.45, 2.75) is 25.6 Å². The fourth-order valence-corrected chi connectivity index (χ4v) is 3.41. The van der Waals surface area contributed by atoms with Crippen molar-refractivity contribution >= 4 is 29.1 Å². The predicted octanol–water partition coefficient (Wildman–Crippen LogP) is 3.14. The van der Waals surface area contributed by atoms with E-state index in [1.54, 1.807) is 29.3 Å². The second kappa shape index (κ2) is 5.97. The van der Waals surface area contributed by atoms with Crippen LogP contribution in [0.15, 0.2) is 58.9 Å². The van der Waals surface area contributed by atoms with Gasteiger partial charge in [0.1, 0.15) is 0 Å². The summed E-state index contributed by atoms with van der Waals surface area (Å²) in [5.41, 5.74) is 2.60. The Morgan fingerprint density at radius 3 is 2.64 bits per heavy atom. The van der Waals surface area contributed by atoms with E-state index in [0.717, 1.165) is 16.0 Å². The van der Waals surface area contributed by atoms with Gasteiger partial charge >= 0.3 is 0 Å². The second-order valence-electron chi connectivity index (χ2n) is 6.17. The van der Waals surface area contributed by atoms with E-state index in [1.165, 1.54) is 0 Å². The fraction of sp³-hybridized carbons (Fsp3) is 0.222. The fourth-order valence-electron chi connectivity index (χ4n) is 3.22. The van der Waals surface area contributed by atoms with Crippen LogP contribution >= 0.6 is 11.6 Å². The molecule has 2 heterocycles. The number of nitrogens with zero attached hydrogens (tertiary/aromatic N) is 4. The molecule has 0 aliphatic carbocycles. The smallest absolute Gasteiger partial charge is 0.263 e. The van der Waals surface area contributed by atoms with Crippen molar-refractivity contribution in [3.63, 3.8) is 0 Å². The molecule has 2 amide bonds. The van der Waals surface area contributed by atoms with Gasteiger partial charge in [0.2, 0.25) is 0 Å². The summed E-state index contributed by atoms with van der Waals surface area (Å²) in [7, 11) is 0. The third-order valence-electron chi connectivity index (χ3n) is 4.35. The highest BCUT2D eigenvalue weighted by Crippen LogP contribution is 2.33. The molecule has 0 bridgehead atoms. The first-order valence-corrected chi connectivity index (χ1v) is 8.29. The number of hydrogen-bond donors (Lipinski definition) is 0. The Labute approximate surface area is 149 Å². The average molecular weight is 355 g/mol. The summed E-state index contributed by atoms with van der Waals surface area (Å²) < 4.78 is 0. The summed E-state index contributed by atoms with van der Waals surface area (Å²) in [6.45, 7) is 2.43. The molecule has 6 nitrogen and oxygen atoms in total. The molecule has 7 heteroatoms. The third-order valence-corrected chi connectivity index (χ3v) is 4.59. The van der Waals surface area contributed by atoms with Crippen LogP contribution < -0.4 is 4.90 Å². The number of halogens is 1. The first-order valence-electron chi connectivity index (χ1n) is 7.91. The van der Waals surface area contributed by atoms with Gasteiger partial charge in [-0.15, -0.1) is 0 Å². The van der Waals surface area contributed by atoms with Crippen molar-refractivity contribution < 1.29 is 9.59 Å². The molecule has 0 N–H and O–H groups in total. The summed E-state index contributed by atoms with van der Waals surface area (Å²) in [5.74, 6) is -0.692. The Morgan fingerprint density at radius 1 is 1.08 bits per heavy atom. The quantitative estimate of drug-likeness (QED) is 0.795. The zero-order valence-corrected chi connectivity index (χ0v) is 14.2. The minimum atomic E-state index is -0.795. The van der Waals surface area contributed by atoms with Gasteiger partial charge in [0.05, 0.1) is 12.2 Å². The SMILES string of the molecule is Cc1cccc(CN2N=NC3C(=O)N(c4cccc(Cl)c4)C(=O)C32)c1. The standard InChI is InChI=1S/C18H15ClN4O2/c1-11-4-2-5-12(8-11)10-22-16-15(20-21-22)17(24)23(18(16)25)14-7-3-6-13(19)9-14/h2-9,15-16H,10H2,1H3. The van der Waals surface area contributed by atoms with Crippen LogP contribution in [0, 0.1) is 6.92 Å². The lowest BCUT2D eigenvalue weighted by Crippen LogP contribution is -2.39. The first kappa shape index (κ1) is 15.8. The largest absolute Gasteiger partial charge is 0.271 e. The van der Waals surface area contributed by atoms with Gasteiger partial charge in [0, 0.05) is 5.02 Å².